The summed E-state index contributed by atoms with van der Waals surface area (Å²) in [6.07, 6.45) is 0.0488. The maximum Gasteiger partial charge on any atom is 0.427 e. The quantitative estimate of drug-likeness (QED) is 0.279. The highest BCUT2D eigenvalue weighted by Gasteiger charge is 2.63. The van der Waals surface area contributed by atoms with E-state index >= 15 is 0 Å². The molecule has 3 N–H and O–H groups in total. The molecule has 3 fully saturated rings. The van der Waals surface area contributed by atoms with Gasteiger partial charge in [-0.3, -0.25) is 23.5 Å². The number of aromatic nitrogens is 4. The van der Waals surface area contributed by atoms with Gasteiger partial charge in [-0.05, 0) is 83.3 Å². The lowest BCUT2D eigenvalue weighted by molar-refractivity contribution is -0.244. The molecule has 4 amide bonds. The minimum absolute atomic E-state index is 0. The first-order valence-electron chi connectivity index (χ1n) is 19.3. The summed E-state index contributed by atoms with van der Waals surface area (Å²) in [6.45, 7) is 6.30. The van der Waals surface area contributed by atoms with E-state index in [9.17, 15) is 40.8 Å². The van der Waals surface area contributed by atoms with E-state index in [0.717, 1.165) is 0 Å². The lowest BCUT2D eigenvalue weighted by Crippen LogP contribution is -2.59. The molecule has 320 valence electrons. The molecule has 20 heteroatoms. The Bertz CT molecular complexity index is 2300. The number of halogens is 3. The van der Waals surface area contributed by atoms with Crippen molar-refractivity contribution in [2.45, 2.75) is 120 Å². The Labute approximate surface area is 337 Å². The Kier molecular flexibility index (Phi) is 10.4. The number of carbonyl (C=O) groups excluding carboxylic acids is 4. The van der Waals surface area contributed by atoms with Crippen LogP contribution < -0.4 is 20.1 Å². The van der Waals surface area contributed by atoms with Gasteiger partial charge in [0.05, 0.1) is 22.2 Å². The minimum Gasteiger partial charge on any atom is -0.472 e. The zero-order valence-electron chi connectivity index (χ0n) is 32.7. The smallest absolute Gasteiger partial charge is 0.427 e. The number of hydrogen-bond donors (Lipinski definition) is 3. The van der Waals surface area contributed by atoms with Gasteiger partial charge in [-0.2, -0.15) is 18.2 Å². The van der Waals surface area contributed by atoms with Gasteiger partial charge in [0.25, 0.3) is 11.7 Å². The third-order valence-electron chi connectivity index (χ3n) is 12.0. The van der Waals surface area contributed by atoms with E-state index < -0.39 is 85.9 Å². The molecule has 58 heavy (non-hydrogen) atoms. The first-order chi connectivity index (χ1) is 27.1. The van der Waals surface area contributed by atoms with Crippen molar-refractivity contribution < 1.29 is 54.5 Å². The number of benzene rings is 1. The van der Waals surface area contributed by atoms with E-state index in [4.69, 9.17) is 9.47 Å². The van der Waals surface area contributed by atoms with Crippen molar-refractivity contribution in [2.24, 2.45) is 17.8 Å². The summed E-state index contributed by atoms with van der Waals surface area (Å²) in [5.41, 5.74) is -3.88. The molecule has 16 nitrogen and oxygen atoms in total. The third kappa shape index (κ3) is 7.78. The highest BCUT2D eigenvalue weighted by atomic mass is 32.2. The monoisotopic (exact) mass is 838 g/mol. The van der Waals surface area contributed by atoms with Crippen LogP contribution in [0.3, 0.4) is 0 Å². The molecule has 4 aliphatic rings. The molecule has 2 aliphatic heterocycles. The number of para-hydroxylation sites is 1. The second kappa shape index (κ2) is 14.7. The average Bonchev–Trinajstić information content (AvgIpc) is 3.92. The number of amides is 4. The van der Waals surface area contributed by atoms with Gasteiger partial charge in [-0.15, -0.1) is 10.2 Å². The van der Waals surface area contributed by atoms with Crippen molar-refractivity contribution in [3.8, 4) is 5.88 Å². The lowest BCUT2D eigenvalue weighted by atomic mass is 9.88. The van der Waals surface area contributed by atoms with Crippen LogP contribution in [0.4, 0.5) is 18.0 Å². The van der Waals surface area contributed by atoms with E-state index in [2.05, 4.69) is 30.5 Å². The van der Waals surface area contributed by atoms with Crippen LogP contribution in [0.5, 0.6) is 5.88 Å². The molecule has 4 heterocycles. The Morgan fingerprint density at radius 2 is 1.83 bits per heavy atom. The van der Waals surface area contributed by atoms with Gasteiger partial charge in [0.1, 0.15) is 30.1 Å². The molecule has 1 saturated heterocycles. The van der Waals surface area contributed by atoms with Gasteiger partial charge < -0.3 is 25.0 Å². The van der Waals surface area contributed by atoms with E-state index in [1.54, 1.807) is 35.6 Å². The van der Waals surface area contributed by atoms with Crippen molar-refractivity contribution in [3.63, 3.8) is 0 Å². The number of nitrogens with one attached hydrogen (secondary N) is 3. The molecule has 1 unspecified atom stereocenters. The number of alkyl halides is 3. The second-order valence-corrected chi connectivity index (χ2v) is 19.1. The van der Waals surface area contributed by atoms with Crippen molar-refractivity contribution in [2.75, 3.05) is 6.54 Å². The summed E-state index contributed by atoms with van der Waals surface area (Å²) < 4.78 is 81.6. The van der Waals surface area contributed by atoms with E-state index in [-0.39, 0.29) is 41.2 Å². The van der Waals surface area contributed by atoms with Crippen LogP contribution in [0.25, 0.3) is 16.7 Å². The molecule has 3 aromatic rings. The fraction of sp³-hybridized carbons (Fsp3) is 0.605. The van der Waals surface area contributed by atoms with Gasteiger partial charge >= 0.3 is 12.3 Å². The van der Waals surface area contributed by atoms with E-state index in [1.807, 2.05) is 19.1 Å². The van der Waals surface area contributed by atoms with Crippen LogP contribution in [-0.4, -0.2) is 104 Å². The molecule has 2 aromatic heterocycles. The van der Waals surface area contributed by atoms with Crippen molar-refractivity contribution in [3.05, 3.63) is 42.7 Å². The molecule has 2 saturated carbocycles. The number of nitrogens with zero attached hydrogens (tertiary/aromatic N) is 5. The molecular formula is C38H53F3N8O8S. The Morgan fingerprint density at radius 3 is 2.53 bits per heavy atom. The minimum atomic E-state index is -4.92. The molecule has 7 atom stereocenters. The number of carbonyl (C=O) groups is 4. The van der Waals surface area contributed by atoms with Crippen LogP contribution in [-0.2, 0) is 29.1 Å². The highest BCUT2D eigenvalue weighted by molar-refractivity contribution is 7.91. The van der Waals surface area contributed by atoms with Gasteiger partial charge in [-0.1, -0.05) is 38.1 Å². The molecule has 7 rings (SSSR count). The summed E-state index contributed by atoms with van der Waals surface area (Å²) >= 11 is 0. The predicted molar refractivity (Wildman–Crippen MR) is 208 cm³/mol. The summed E-state index contributed by atoms with van der Waals surface area (Å²) in [7, 11) is -4.08. The van der Waals surface area contributed by atoms with Crippen molar-refractivity contribution >= 4 is 50.5 Å². The third-order valence-corrected chi connectivity index (χ3v) is 14.1. The number of fused-ring (bicyclic) bond motifs is 5. The molecule has 0 bridgehead atoms. The summed E-state index contributed by atoms with van der Waals surface area (Å²) in [4.78, 5) is 62.1. The van der Waals surface area contributed by atoms with Crippen molar-refractivity contribution in [1.82, 2.24) is 39.8 Å². The summed E-state index contributed by atoms with van der Waals surface area (Å²) in [6, 6.07) is 4.36. The maximum absolute atomic E-state index is 14.8. The van der Waals surface area contributed by atoms with Crippen molar-refractivity contribution in [1.29, 1.82) is 0 Å². The largest absolute Gasteiger partial charge is 0.472 e. The fourth-order valence-corrected chi connectivity index (χ4v) is 9.09. The summed E-state index contributed by atoms with van der Waals surface area (Å²) in [5.74, 6) is -3.37. The number of ether oxygens (including phenoxy) is 2. The van der Waals surface area contributed by atoms with Gasteiger partial charge in [0.15, 0.2) is 0 Å². The normalized spacial score (nSPS) is 29.6. The maximum atomic E-state index is 14.8. The van der Waals surface area contributed by atoms with Crippen LogP contribution in [0, 0.1) is 17.8 Å². The SMILES string of the molecule is C[C@@H]1CC/C=C\[C@@H]2C[C@@]2(C(=O)NS(=O)(=O)C2(C)CC2)NC(=O)[C@@H]2C[C@@H](Oc3nc4nncn4c4ccccc34)CN2C(=O)C(NC(=O)OC(C)(C)C(F)(F)F)[C@H](C)C1.[HH].[HH].[HH]. The van der Waals surface area contributed by atoms with Crippen LogP contribution in [0.15, 0.2) is 42.7 Å². The van der Waals surface area contributed by atoms with E-state index in [1.165, 1.54) is 18.2 Å². The van der Waals surface area contributed by atoms with E-state index in [0.29, 0.717) is 56.9 Å². The zero-order valence-corrected chi connectivity index (χ0v) is 33.5. The Morgan fingerprint density at radius 1 is 1.10 bits per heavy atom. The van der Waals surface area contributed by atoms with Crippen LogP contribution in [0.2, 0.25) is 0 Å². The topological polar surface area (TPSA) is 203 Å². The molecule has 2 aliphatic carbocycles. The molecule has 1 aromatic carbocycles. The lowest BCUT2D eigenvalue weighted by Gasteiger charge is -2.34. The molecule has 0 spiro atoms. The average molecular weight is 839 g/mol. The predicted octanol–water partition coefficient (Wildman–Crippen LogP) is 4.69. The standard InChI is InChI=1S/C38H47F3N8O8S.3H2/c1-21-10-6-7-11-23-18-37(23,32(52)47-58(54,55)36(5)14-15-36)45-29(50)27-17-24(56-30-25-12-8-9-13-26(25)49-20-42-46-33(49)44-30)19-48(27)31(51)28(22(2)16-21)43-34(53)57-35(3,4)38(39,40)41;;;/h7-9,11-13,20-24,27-28H,6,10,14-19H2,1-5H3,(H,43,53)(H,45,50)(H,47,52);3*1H/b11-7-;;;/t21-,22-,23-,24-,27+,28?,37-;;;/m1.../s1. The zero-order chi connectivity index (χ0) is 42.0. The fourth-order valence-electron chi connectivity index (χ4n) is 7.78. The Hall–Kier alpha value is -5.01. The highest BCUT2D eigenvalue weighted by Crippen LogP contribution is 2.48. The second-order valence-electron chi connectivity index (χ2n) is 16.9. The number of sulfonamides is 1. The van der Waals surface area contributed by atoms with Gasteiger partial charge in [0.2, 0.25) is 33.3 Å². The number of hydrogen-bond acceptors (Lipinski definition) is 11. The Balaban J connectivity index is 0.00000273. The summed E-state index contributed by atoms with van der Waals surface area (Å²) in [5, 5.41) is 13.7. The van der Waals surface area contributed by atoms with Gasteiger partial charge in [-0.25, -0.2) is 13.2 Å². The van der Waals surface area contributed by atoms with Crippen LogP contribution in [0.1, 0.15) is 83.8 Å². The first-order valence-corrected chi connectivity index (χ1v) is 20.8. The number of alkyl carbamates (subject to hydrolysis) is 1. The van der Waals surface area contributed by atoms with Crippen LogP contribution >= 0.6 is 0 Å². The first kappa shape index (κ1) is 41.2. The molecular weight excluding hydrogens is 786 g/mol. The number of allylic oxidation sites excluding steroid dienone is 1. The molecule has 0 radical (unpaired) electrons. The van der Waals surface area contributed by atoms with Gasteiger partial charge in [0, 0.05) is 16.6 Å². The number of rotatable bonds is 7.